The quantitative estimate of drug-likeness (QED) is 0.395. The van der Waals surface area contributed by atoms with E-state index in [0.29, 0.717) is 5.41 Å². The van der Waals surface area contributed by atoms with Gasteiger partial charge in [0, 0.05) is 0 Å². The van der Waals surface area contributed by atoms with E-state index in [2.05, 4.69) is 56.9 Å². The Kier molecular flexibility index (Phi) is 5.60. The standard InChI is InChI=1S/C10H14.H4N2O3S/c1-10(2,3)9-7-5-4-6-8-9;1-2-6(3,4)5/h4-8H,1-3H3;2H,1H2,(H,3,4,5). The monoisotopic (exact) mass is 246 g/mol. The summed E-state index contributed by atoms with van der Waals surface area (Å²) in [5.41, 5.74) is 1.69. The van der Waals surface area contributed by atoms with Crippen LogP contribution in [0.5, 0.6) is 0 Å². The zero-order chi connectivity index (χ0) is 12.8. The summed E-state index contributed by atoms with van der Waals surface area (Å²) >= 11 is 0. The summed E-state index contributed by atoms with van der Waals surface area (Å²) in [5, 5.41) is 0. The van der Waals surface area contributed by atoms with Gasteiger partial charge in [-0.3, -0.25) is 10.4 Å². The first-order chi connectivity index (χ1) is 7.17. The zero-order valence-electron chi connectivity index (χ0n) is 9.64. The first-order valence-corrected chi connectivity index (χ1v) is 6.11. The van der Waals surface area contributed by atoms with Crippen molar-refractivity contribution in [1.82, 2.24) is 4.83 Å². The predicted octanol–water partition coefficient (Wildman–Crippen LogP) is 1.24. The molecule has 0 spiro atoms. The van der Waals surface area contributed by atoms with Crippen LogP contribution < -0.4 is 10.7 Å². The van der Waals surface area contributed by atoms with E-state index in [1.807, 2.05) is 0 Å². The van der Waals surface area contributed by atoms with Crippen molar-refractivity contribution in [2.24, 2.45) is 5.84 Å². The van der Waals surface area contributed by atoms with Crippen molar-refractivity contribution in [3.63, 3.8) is 0 Å². The highest BCUT2D eigenvalue weighted by Crippen LogP contribution is 2.20. The van der Waals surface area contributed by atoms with E-state index in [-0.39, 0.29) is 0 Å². The fourth-order valence-corrected chi connectivity index (χ4v) is 0.938. The Balaban J connectivity index is 0.000000325. The summed E-state index contributed by atoms with van der Waals surface area (Å²) in [6.45, 7) is 6.67. The number of nitrogens with one attached hydrogen (secondary N) is 1. The van der Waals surface area contributed by atoms with E-state index in [4.69, 9.17) is 4.55 Å². The van der Waals surface area contributed by atoms with Gasteiger partial charge in [0.1, 0.15) is 0 Å². The van der Waals surface area contributed by atoms with E-state index >= 15 is 0 Å². The molecular weight excluding hydrogens is 228 g/mol. The molecule has 0 saturated heterocycles. The van der Waals surface area contributed by atoms with Gasteiger partial charge in [-0.2, -0.15) is 8.42 Å². The third-order valence-corrected chi connectivity index (χ3v) is 2.09. The van der Waals surface area contributed by atoms with Crippen LogP contribution in [0.3, 0.4) is 0 Å². The second-order valence-electron chi connectivity index (χ2n) is 4.21. The molecule has 0 fully saturated rings. The minimum atomic E-state index is -4.13. The van der Waals surface area contributed by atoms with E-state index in [1.54, 1.807) is 0 Å². The van der Waals surface area contributed by atoms with Crippen LogP contribution in [0.4, 0.5) is 0 Å². The van der Waals surface area contributed by atoms with Gasteiger partial charge in [-0.15, -0.1) is 4.83 Å². The molecule has 0 amide bonds. The normalized spacial score (nSPS) is 11.6. The van der Waals surface area contributed by atoms with Gasteiger partial charge in [-0.25, -0.2) is 0 Å². The van der Waals surface area contributed by atoms with Crippen LogP contribution in [-0.4, -0.2) is 13.0 Å². The lowest BCUT2D eigenvalue weighted by molar-refractivity contribution is 0.469. The highest BCUT2D eigenvalue weighted by atomic mass is 32.2. The summed E-state index contributed by atoms with van der Waals surface area (Å²) in [6.07, 6.45) is 0. The maximum absolute atomic E-state index is 9.32. The van der Waals surface area contributed by atoms with Gasteiger partial charge in [0.15, 0.2) is 0 Å². The molecule has 0 aliphatic carbocycles. The van der Waals surface area contributed by atoms with Crippen molar-refractivity contribution < 1.29 is 13.0 Å². The lowest BCUT2D eigenvalue weighted by atomic mass is 9.87. The fraction of sp³-hybridized carbons (Fsp3) is 0.400. The third kappa shape index (κ3) is 7.36. The Morgan fingerprint density at radius 3 is 1.75 bits per heavy atom. The Morgan fingerprint density at radius 1 is 1.19 bits per heavy atom. The molecule has 4 N–H and O–H groups in total. The van der Waals surface area contributed by atoms with Crippen molar-refractivity contribution >= 4 is 10.3 Å². The Bertz CT molecular complexity index is 396. The van der Waals surface area contributed by atoms with Crippen molar-refractivity contribution in [3.8, 4) is 0 Å². The van der Waals surface area contributed by atoms with Gasteiger partial charge >= 0.3 is 10.3 Å². The minimum Gasteiger partial charge on any atom is -0.273 e. The van der Waals surface area contributed by atoms with Crippen molar-refractivity contribution in [3.05, 3.63) is 35.9 Å². The van der Waals surface area contributed by atoms with Gasteiger partial charge in [0.05, 0.1) is 0 Å². The SMILES string of the molecule is CC(C)(C)c1ccccc1.NNS(=O)(=O)O. The molecule has 5 nitrogen and oxygen atoms in total. The molecule has 0 saturated carbocycles. The van der Waals surface area contributed by atoms with Crippen molar-refractivity contribution in [1.29, 1.82) is 0 Å². The molecule has 0 aromatic heterocycles. The molecular formula is C10H18N2O3S. The number of benzene rings is 1. The molecule has 0 unspecified atom stereocenters. The van der Waals surface area contributed by atoms with Gasteiger partial charge < -0.3 is 0 Å². The summed E-state index contributed by atoms with van der Waals surface area (Å²) < 4.78 is 26.2. The smallest absolute Gasteiger partial charge is 0.273 e. The zero-order valence-corrected chi connectivity index (χ0v) is 10.5. The van der Waals surface area contributed by atoms with Crippen LogP contribution >= 0.6 is 0 Å². The number of hydrazine groups is 1. The van der Waals surface area contributed by atoms with Crippen LogP contribution in [0.15, 0.2) is 30.3 Å². The Morgan fingerprint density at radius 2 is 1.56 bits per heavy atom. The number of nitrogens with two attached hydrogens (primary N) is 1. The Labute approximate surface area is 96.5 Å². The highest BCUT2D eigenvalue weighted by molar-refractivity contribution is 7.83. The molecule has 16 heavy (non-hydrogen) atoms. The summed E-state index contributed by atoms with van der Waals surface area (Å²) in [6, 6.07) is 10.6. The maximum atomic E-state index is 9.32. The molecule has 0 radical (unpaired) electrons. The molecule has 6 heteroatoms. The molecule has 0 heterocycles. The molecule has 1 rings (SSSR count). The van der Waals surface area contributed by atoms with E-state index in [9.17, 15) is 8.42 Å². The molecule has 92 valence electrons. The van der Waals surface area contributed by atoms with Crippen LogP contribution in [0.2, 0.25) is 0 Å². The highest BCUT2D eigenvalue weighted by Gasteiger charge is 2.11. The van der Waals surface area contributed by atoms with E-state index in [0.717, 1.165) is 4.83 Å². The molecule has 0 atom stereocenters. The van der Waals surface area contributed by atoms with Crippen LogP contribution in [0, 0.1) is 0 Å². The predicted molar refractivity (Wildman–Crippen MR) is 64.0 cm³/mol. The minimum absolute atomic E-state index is 0.293. The maximum Gasteiger partial charge on any atom is 0.346 e. The first kappa shape index (κ1) is 15.0. The number of hydrogen-bond acceptors (Lipinski definition) is 3. The molecule has 1 aromatic rings. The second-order valence-corrected chi connectivity index (χ2v) is 5.39. The third-order valence-electron chi connectivity index (χ3n) is 1.79. The van der Waals surface area contributed by atoms with Crippen LogP contribution in [0.25, 0.3) is 0 Å². The van der Waals surface area contributed by atoms with Gasteiger partial charge in [-0.1, -0.05) is 51.1 Å². The fourth-order valence-electron chi connectivity index (χ4n) is 0.938. The average molecular weight is 246 g/mol. The summed E-state index contributed by atoms with van der Waals surface area (Å²) in [4.78, 5) is 1.13. The second kappa shape index (κ2) is 5.95. The van der Waals surface area contributed by atoms with Crippen LogP contribution in [0.1, 0.15) is 26.3 Å². The molecule has 1 aromatic carbocycles. The summed E-state index contributed by atoms with van der Waals surface area (Å²) in [5.74, 6) is 4.22. The van der Waals surface area contributed by atoms with Gasteiger partial charge in [0.2, 0.25) is 0 Å². The molecule has 0 aliphatic heterocycles. The molecule has 0 bridgehead atoms. The number of rotatable bonds is 1. The topological polar surface area (TPSA) is 92.4 Å². The van der Waals surface area contributed by atoms with Crippen molar-refractivity contribution in [2.45, 2.75) is 26.2 Å². The lowest BCUT2D eigenvalue weighted by Gasteiger charge is -2.18. The van der Waals surface area contributed by atoms with E-state index in [1.165, 1.54) is 5.56 Å². The lowest BCUT2D eigenvalue weighted by Crippen LogP contribution is -2.29. The van der Waals surface area contributed by atoms with Gasteiger partial charge in [0.25, 0.3) is 0 Å². The van der Waals surface area contributed by atoms with E-state index < -0.39 is 10.3 Å². The van der Waals surface area contributed by atoms with Crippen LogP contribution in [-0.2, 0) is 15.7 Å². The average Bonchev–Trinajstić information content (AvgIpc) is 2.18. The molecule has 0 aliphatic rings. The van der Waals surface area contributed by atoms with Crippen molar-refractivity contribution in [2.75, 3.05) is 0 Å². The largest absolute Gasteiger partial charge is 0.346 e. The number of hydrogen-bond donors (Lipinski definition) is 3. The van der Waals surface area contributed by atoms with Gasteiger partial charge in [-0.05, 0) is 11.0 Å². The summed E-state index contributed by atoms with van der Waals surface area (Å²) in [7, 11) is -4.13. The Hall–Kier alpha value is -0.950. The first-order valence-electron chi connectivity index (χ1n) is 4.67.